The fourth-order valence-electron chi connectivity index (χ4n) is 4.67. The number of rotatable bonds is 2. The maximum Gasteiger partial charge on any atom is 0.246 e. The molecule has 4 heterocycles. The van der Waals surface area contributed by atoms with E-state index in [1.165, 1.54) is 29.8 Å². The molecule has 10 heteroatoms. The van der Waals surface area contributed by atoms with Crippen LogP contribution in [0.25, 0.3) is 21.3 Å². The van der Waals surface area contributed by atoms with E-state index in [0.717, 1.165) is 17.8 Å². The number of halogens is 2. The van der Waals surface area contributed by atoms with Gasteiger partial charge in [0.05, 0.1) is 44.5 Å². The van der Waals surface area contributed by atoms with Crippen LogP contribution in [-0.4, -0.2) is 36.9 Å². The van der Waals surface area contributed by atoms with Crippen molar-refractivity contribution in [1.29, 1.82) is 0 Å². The molecule has 2 N–H and O–H groups in total. The Morgan fingerprint density at radius 2 is 2.06 bits per heavy atom. The first-order chi connectivity index (χ1) is 16.9. The third kappa shape index (κ3) is 3.38. The Balaban J connectivity index is 1.54. The summed E-state index contributed by atoms with van der Waals surface area (Å²) in [6.07, 6.45) is 4.67. The van der Waals surface area contributed by atoms with E-state index in [2.05, 4.69) is 33.4 Å². The molecular weight excluding hydrogens is 470 g/mol. The van der Waals surface area contributed by atoms with Crippen LogP contribution in [0.2, 0.25) is 0 Å². The minimum absolute atomic E-state index is 0.129. The van der Waals surface area contributed by atoms with Crippen LogP contribution in [0, 0.1) is 23.5 Å². The van der Waals surface area contributed by atoms with Gasteiger partial charge in [0, 0.05) is 12.5 Å². The first-order valence-electron chi connectivity index (χ1n) is 11.2. The topological polar surface area (TPSA) is 89.9 Å². The molecule has 1 atom stereocenters. The maximum atomic E-state index is 15.3. The van der Waals surface area contributed by atoms with Gasteiger partial charge in [0.2, 0.25) is 5.91 Å². The number of amides is 1. The Hall–Kier alpha value is -3.84. The van der Waals surface area contributed by atoms with E-state index in [1.54, 1.807) is 4.90 Å². The van der Waals surface area contributed by atoms with Crippen molar-refractivity contribution >= 4 is 44.3 Å². The highest BCUT2D eigenvalue weighted by Crippen LogP contribution is 2.44. The Labute approximate surface area is 203 Å². The second-order valence-corrected chi connectivity index (χ2v) is 9.95. The van der Waals surface area contributed by atoms with E-state index in [4.69, 9.17) is 5.73 Å². The summed E-state index contributed by atoms with van der Waals surface area (Å²) < 4.78 is 32.7. The number of thiazole rings is 1. The molecule has 3 aromatic heterocycles. The average molecular weight is 491 g/mol. The minimum Gasteiger partial charge on any atom is -0.383 e. The average Bonchev–Trinajstić information content (AvgIpc) is 3.52. The number of nitrogens with zero attached hydrogens (tertiary/aromatic N) is 5. The van der Waals surface area contributed by atoms with Crippen molar-refractivity contribution in [3.8, 4) is 11.8 Å². The first-order valence-corrected chi connectivity index (χ1v) is 12.0. The summed E-state index contributed by atoms with van der Waals surface area (Å²) in [5.74, 6) is 4.45. The van der Waals surface area contributed by atoms with E-state index < -0.39 is 11.6 Å². The highest BCUT2D eigenvalue weighted by atomic mass is 32.1. The lowest BCUT2D eigenvalue weighted by Crippen LogP contribution is -2.39. The van der Waals surface area contributed by atoms with E-state index in [0.29, 0.717) is 39.5 Å². The predicted molar refractivity (Wildman–Crippen MR) is 130 cm³/mol. The number of benzene rings is 1. The summed E-state index contributed by atoms with van der Waals surface area (Å²) in [5.41, 5.74) is 7.68. The summed E-state index contributed by atoms with van der Waals surface area (Å²) in [6.45, 7) is 6.21. The molecule has 35 heavy (non-hydrogen) atoms. The number of anilines is 1. The molecule has 0 spiro atoms. The van der Waals surface area contributed by atoms with E-state index in [9.17, 15) is 9.18 Å². The van der Waals surface area contributed by atoms with Gasteiger partial charge in [-0.25, -0.2) is 23.7 Å². The number of hydrogen-bond donors (Lipinski definition) is 1. The summed E-state index contributed by atoms with van der Waals surface area (Å²) in [6, 6.07) is 1.17. The molecule has 0 unspecified atom stereocenters. The van der Waals surface area contributed by atoms with Crippen molar-refractivity contribution in [2.75, 3.05) is 12.3 Å². The zero-order chi connectivity index (χ0) is 24.4. The SMILES string of the molecule is C=CC(=O)N1Cc2c(C#Cc3c(F)cc4sc(C5CC5)nc4c3F)c3c(N)ncnc3n2[C@@H](C)C1. The zero-order valence-electron chi connectivity index (χ0n) is 18.8. The van der Waals surface area contributed by atoms with Crippen LogP contribution in [0.3, 0.4) is 0 Å². The molecule has 176 valence electrons. The quantitative estimate of drug-likeness (QED) is 0.335. The molecule has 1 amide bonds. The number of carbonyl (C=O) groups is 1. The molecular formula is C25H20F2N6OS. The van der Waals surface area contributed by atoms with Crippen LogP contribution < -0.4 is 5.73 Å². The molecule has 1 saturated carbocycles. The highest BCUT2D eigenvalue weighted by molar-refractivity contribution is 7.18. The van der Waals surface area contributed by atoms with Crippen molar-refractivity contribution in [3.05, 3.63) is 58.5 Å². The summed E-state index contributed by atoms with van der Waals surface area (Å²) >= 11 is 1.33. The molecule has 6 rings (SSSR count). The number of hydrogen-bond acceptors (Lipinski definition) is 6. The third-order valence-electron chi connectivity index (χ3n) is 6.50. The lowest BCUT2D eigenvalue weighted by atomic mass is 10.1. The van der Waals surface area contributed by atoms with Crippen LogP contribution in [0.4, 0.5) is 14.6 Å². The second-order valence-electron chi connectivity index (χ2n) is 8.89. The standard InChI is InChI=1S/C25H20F2N6OS/c1-3-19(34)32-9-12(2)33-17(10-32)15(20-23(28)29-11-30-24(20)33)7-6-14-16(26)8-18-22(21(14)27)31-25(35-18)13-4-5-13/h3,8,11-13H,1,4-5,9-10H2,2H3,(H2,28,29,30)/t12-/m0/s1. The first kappa shape index (κ1) is 21.7. The van der Waals surface area contributed by atoms with Gasteiger partial charge in [0.25, 0.3) is 0 Å². The Bertz CT molecular complexity index is 1620. The van der Waals surface area contributed by atoms with Gasteiger partial charge in [0.1, 0.15) is 29.1 Å². The van der Waals surface area contributed by atoms with Gasteiger partial charge in [-0.1, -0.05) is 18.4 Å². The molecule has 2 aliphatic rings. The fraction of sp³-hybridized carbons (Fsp3) is 0.280. The molecule has 1 aromatic carbocycles. The van der Waals surface area contributed by atoms with Gasteiger partial charge < -0.3 is 15.2 Å². The van der Waals surface area contributed by atoms with Gasteiger partial charge in [-0.15, -0.1) is 11.3 Å². The Kier molecular flexibility index (Phi) is 4.86. The van der Waals surface area contributed by atoms with E-state index in [-0.39, 0.29) is 35.4 Å². The molecule has 7 nitrogen and oxygen atoms in total. The van der Waals surface area contributed by atoms with Crippen molar-refractivity contribution < 1.29 is 13.6 Å². The van der Waals surface area contributed by atoms with Crippen LogP contribution in [-0.2, 0) is 11.3 Å². The normalized spacial score (nSPS) is 17.3. The van der Waals surface area contributed by atoms with Gasteiger partial charge in [0.15, 0.2) is 5.82 Å². The van der Waals surface area contributed by atoms with Crippen molar-refractivity contribution in [2.45, 2.75) is 38.3 Å². The molecule has 0 bridgehead atoms. The monoisotopic (exact) mass is 490 g/mol. The highest BCUT2D eigenvalue weighted by Gasteiger charge is 2.31. The summed E-state index contributed by atoms with van der Waals surface area (Å²) in [4.78, 5) is 26.9. The van der Waals surface area contributed by atoms with Crippen molar-refractivity contribution in [3.63, 3.8) is 0 Å². The van der Waals surface area contributed by atoms with E-state index >= 15 is 4.39 Å². The van der Waals surface area contributed by atoms with Crippen LogP contribution >= 0.6 is 11.3 Å². The van der Waals surface area contributed by atoms with Gasteiger partial charge in [-0.2, -0.15) is 0 Å². The molecule has 1 aliphatic carbocycles. The van der Waals surface area contributed by atoms with Crippen molar-refractivity contribution in [2.24, 2.45) is 0 Å². The molecule has 1 fully saturated rings. The lowest BCUT2D eigenvalue weighted by Gasteiger charge is -2.33. The van der Waals surface area contributed by atoms with E-state index in [1.807, 2.05) is 11.5 Å². The maximum absolute atomic E-state index is 15.3. The molecule has 1 aliphatic heterocycles. The number of nitrogens with two attached hydrogens (primary N) is 1. The van der Waals surface area contributed by atoms with Gasteiger partial charge >= 0.3 is 0 Å². The third-order valence-corrected chi connectivity index (χ3v) is 7.66. The Morgan fingerprint density at radius 1 is 1.29 bits per heavy atom. The van der Waals surface area contributed by atoms with Crippen LogP contribution in [0.1, 0.15) is 53.6 Å². The van der Waals surface area contributed by atoms with Gasteiger partial charge in [-0.05, 0) is 31.9 Å². The number of carbonyl (C=O) groups excluding carboxylic acids is 1. The Morgan fingerprint density at radius 3 is 2.80 bits per heavy atom. The predicted octanol–water partition coefficient (Wildman–Crippen LogP) is 4.27. The smallest absolute Gasteiger partial charge is 0.246 e. The summed E-state index contributed by atoms with van der Waals surface area (Å²) in [7, 11) is 0. The second kappa shape index (κ2) is 7.85. The molecule has 0 radical (unpaired) electrons. The van der Waals surface area contributed by atoms with Crippen LogP contribution in [0.5, 0.6) is 0 Å². The largest absolute Gasteiger partial charge is 0.383 e. The van der Waals surface area contributed by atoms with Gasteiger partial charge in [-0.3, -0.25) is 4.79 Å². The lowest BCUT2D eigenvalue weighted by molar-refractivity contribution is -0.127. The minimum atomic E-state index is -0.769. The number of nitrogen functional groups attached to an aromatic ring is 1. The number of aromatic nitrogens is 4. The van der Waals surface area contributed by atoms with Crippen LogP contribution in [0.15, 0.2) is 25.0 Å². The zero-order valence-corrected chi connectivity index (χ0v) is 19.6. The summed E-state index contributed by atoms with van der Waals surface area (Å²) in [5, 5.41) is 1.34. The molecule has 4 aromatic rings. The van der Waals surface area contributed by atoms with Crippen molar-refractivity contribution in [1.82, 2.24) is 24.4 Å². The molecule has 0 saturated heterocycles. The fourth-order valence-corrected chi connectivity index (χ4v) is 5.83. The number of fused-ring (bicyclic) bond motifs is 4.